The van der Waals surface area contributed by atoms with E-state index in [9.17, 15) is 14.7 Å². The first-order chi connectivity index (χ1) is 9.59. The lowest BCUT2D eigenvalue weighted by Gasteiger charge is -2.41. The third kappa shape index (κ3) is 3.06. The summed E-state index contributed by atoms with van der Waals surface area (Å²) in [5.41, 5.74) is -0.628. The van der Waals surface area contributed by atoms with Crippen molar-refractivity contribution in [2.75, 3.05) is 39.4 Å². The Balaban J connectivity index is 1.92. The quantitative estimate of drug-likeness (QED) is 0.850. The molecule has 0 atom stereocenters. The minimum Gasteiger partial charge on any atom is -0.481 e. The molecule has 2 amide bonds. The molecule has 2 aliphatic heterocycles. The molecule has 0 aliphatic carbocycles. The average molecular weight is 284 g/mol. The van der Waals surface area contributed by atoms with E-state index in [-0.39, 0.29) is 6.03 Å². The first kappa shape index (κ1) is 15.1. The van der Waals surface area contributed by atoms with E-state index in [0.29, 0.717) is 58.7 Å². The van der Waals surface area contributed by atoms with Crippen molar-refractivity contribution in [3.8, 4) is 0 Å². The Labute approximate surface area is 119 Å². The molecule has 6 nitrogen and oxygen atoms in total. The first-order valence-electron chi connectivity index (χ1n) is 7.44. The van der Waals surface area contributed by atoms with Gasteiger partial charge in [-0.3, -0.25) is 4.79 Å². The van der Waals surface area contributed by atoms with Crippen LogP contribution in [-0.4, -0.2) is 66.3 Å². The Morgan fingerprint density at radius 2 is 1.65 bits per heavy atom. The van der Waals surface area contributed by atoms with Crippen molar-refractivity contribution >= 4 is 12.0 Å². The molecule has 0 bridgehead atoms. The van der Waals surface area contributed by atoms with E-state index in [1.165, 1.54) is 0 Å². The summed E-state index contributed by atoms with van der Waals surface area (Å²) in [6.45, 7) is 5.55. The van der Waals surface area contributed by atoms with Crippen molar-refractivity contribution in [1.29, 1.82) is 0 Å². The zero-order chi connectivity index (χ0) is 14.6. The number of hydrogen-bond donors (Lipinski definition) is 1. The van der Waals surface area contributed by atoms with E-state index in [1.54, 1.807) is 9.80 Å². The molecule has 0 aromatic rings. The van der Waals surface area contributed by atoms with Crippen LogP contribution in [0.25, 0.3) is 0 Å². The maximum atomic E-state index is 12.3. The number of carbonyl (C=O) groups excluding carboxylic acids is 1. The molecule has 2 heterocycles. The second-order valence-corrected chi connectivity index (χ2v) is 5.70. The minimum atomic E-state index is -0.710. The van der Waals surface area contributed by atoms with Crippen LogP contribution in [0.4, 0.5) is 4.79 Å². The lowest BCUT2D eigenvalue weighted by molar-refractivity contribution is -0.152. The molecule has 114 valence electrons. The van der Waals surface area contributed by atoms with Gasteiger partial charge in [-0.25, -0.2) is 4.79 Å². The number of carboxylic acid groups (broad SMARTS) is 1. The van der Waals surface area contributed by atoms with Crippen LogP contribution in [0.15, 0.2) is 0 Å². The first-order valence-corrected chi connectivity index (χ1v) is 7.44. The van der Waals surface area contributed by atoms with Gasteiger partial charge in [0.1, 0.15) is 0 Å². The van der Waals surface area contributed by atoms with E-state index in [0.717, 1.165) is 6.42 Å². The predicted octanol–water partition coefficient (Wildman–Crippen LogP) is 1.41. The highest BCUT2D eigenvalue weighted by atomic mass is 16.5. The fraction of sp³-hybridized carbons (Fsp3) is 0.857. The van der Waals surface area contributed by atoms with Gasteiger partial charge in [0.15, 0.2) is 0 Å². The number of likely N-dealkylation sites (tertiary alicyclic amines) is 1. The molecule has 0 aromatic heterocycles. The van der Waals surface area contributed by atoms with Crippen molar-refractivity contribution < 1.29 is 19.4 Å². The van der Waals surface area contributed by atoms with Crippen LogP contribution >= 0.6 is 0 Å². The standard InChI is InChI=1S/C14H24N2O4/c1-2-3-14(12(17)18)4-6-15(7-5-14)13(19)16-8-10-20-11-9-16/h2-11H2,1H3,(H,17,18). The summed E-state index contributed by atoms with van der Waals surface area (Å²) in [6, 6.07) is 0.0313. The number of morpholine rings is 1. The van der Waals surface area contributed by atoms with E-state index in [1.807, 2.05) is 6.92 Å². The van der Waals surface area contributed by atoms with E-state index in [2.05, 4.69) is 0 Å². The zero-order valence-corrected chi connectivity index (χ0v) is 12.1. The molecular weight excluding hydrogens is 260 g/mol. The maximum Gasteiger partial charge on any atom is 0.320 e. The van der Waals surface area contributed by atoms with Crippen molar-refractivity contribution in [3.05, 3.63) is 0 Å². The molecule has 2 aliphatic rings. The Hall–Kier alpha value is -1.30. The summed E-state index contributed by atoms with van der Waals surface area (Å²) in [6.07, 6.45) is 2.68. The number of hydrogen-bond acceptors (Lipinski definition) is 3. The number of ether oxygens (including phenoxy) is 1. The third-order valence-electron chi connectivity index (χ3n) is 4.45. The lowest BCUT2D eigenvalue weighted by Crippen LogP contribution is -2.53. The summed E-state index contributed by atoms with van der Waals surface area (Å²) in [5, 5.41) is 9.46. The van der Waals surface area contributed by atoms with Crippen molar-refractivity contribution in [3.63, 3.8) is 0 Å². The van der Waals surface area contributed by atoms with Crippen molar-refractivity contribution in [1.82, 2.24) is 9.80 Å². The Kier molecular flexibility index (Phi) is 4.86. The predicted molar refractivity (Wildman–Crippen MR) is 73.6 cm³/mol. The molecule has 2 rings (SSSR count). The van der Waals surface area contributed by atoms with E-state index >= 15 is 0 Å². The number of aliphatic carboxylic acids is 1. The number of piperidine rings is 1. The summed E-state index contributed by atoms with van der Waals surface area (Å²) < 4.78 is 5.24. The smallest absolute Gasteiger partial charge is 0.320 e. The molecule has 2 saturated heterocycles. The zero-order valence-electron chi connectivity index (χ0n) is 12.1. The number of amides is 2. The molecule has 0 unspecified atom stereocenters. The second-order valence-electron chi connectivity index (χ2n) is 5.70. The van der Waals surface area contributed by atoms with Crippen LogP contribution in [0.1, 0.15) is 32.6 Å². The normalized spacial score (nSPS) is 22.6. The Morgan fingerprint density at radius 3 is 2.15 bits per heavy atom. The average Bonchev–Trinajstić information content (AvgIpc) is 2.48. The molecule has 1 N–H and O–H groups in total. The summed E-state index contributed by atoms with van der Waals surface area (Å²) in [5.74, 6) is -0.710. The van der Waals surface area contributed by atoms with Crippen LogP contribution in [0, 0.1) is 5.41 Å². The van der Waals surface area contributed by atoms with E-state index < -0.39 is 11.4 Å². The van der Waals surface area contributed by atoms with Gasteiger partial charge < -0.3 is 19.6 Å². The van der Waals surface area contributed by atoms with Crippen molar-refractivity contribution in [2.24, 2.45) is 5.41 Å². The number of urea groups is 1. The molecule has 0 radical (unpaired) electrons. The van der Waals surface area contributed by atoms with Gasteiger partial charge in [0.25, 0.3) is 0 Å². The Morgan fingerprint density at radius 1 is 1.10 bits per heavy atom. The summed E-state index contributed by atoms with van der Waals surface area (Å²) in [7, 11) is 0. The number of rotatable bonds is 3. The topological polar surface area (TPSA) is 70.1 Å². The van der Waals surface area contributed by atoms with Crippen LogP contribution in [0.5, 0.6) is 0 Å². The highest BCUT2D eigenvalue weighted by Gasteiger charge is 2.42. The van der Waals surface area contributed by atoms with Crippen LogP contribution in [-0.2, 0) is 9.53 Å². The highest BCUT2D eigenvalue weighted by molar-refractivity contribution is 5.77. The van der Waals surface area contributed by atoms with Crippen molar-refractivity contribution in [2.45, 2.75) is 32.6 Å². The second kappa shape index (κ2) is 6.43. The van der Waals surface area contributed by atoms with Crippen LogP contribution in [0.2, 0.25) is 0 Å². The molecule has 20 heavy (non-hydrogen) atoms. The van der Waals surface area contributed by atoms with Gasteiger partial charge in [0, 0.05) is 26.2 Å². The SMILES string of the molecule is CCCC1(C(=O)O)CCN(C(=O)N2CCOCC2)CC1. The molecular formula is C14H24N2O4. The molecule has 0 saturated carbocycles. The molecule has 6 heteroatoms. The maximum absolute atomic E-state index is 12.3. The van der Waals surface area contributed by atoms with Gasteiger partial charge in [0.2, 0.25) is 0 Å². The fourth-order valence-corrected chi connectivity index (χ4v) is 3.13. The molecule has 0 spiro atoms. The largest absolute Gasteiger partial charge is 0.481 e. The number of carbonyl (C=O) groups is 2. The van der Waals surface area contributed by atoms with Crippen LogP contribution < -0.4 is 0 Å². The van der Waals surface area contributed by atoms with Gasteiger partial charge >= 0.3 is 12.0 Å². The van der Waals surface area contributed by atoms with Gasteiger partial charge in [0.05, 0.1) is 18.6 Å². The summed E-state index contributed by atoms with van der Waals surface area (Å²) in [4.78, 5) is 27.5. The Bertz CT molecular complexity index is 358. The third-order valence-corrected chi connectivity index (χ3v) is 4.45. The van der Waals surface area contributed by atoms with Gasteiger partial charge in [-0.05, 0) is 19.3 Å². The summed E-state index contributed by atoms with van der Waals surface area (Å²) >= 11 is 0. The molecule has 2 fully saturated rings. The number of carboxylic acids is 1. The van der Waals surface area contributed by atoms with Gasteiger partial charge in [-0.15, -0.1) is 0 Å². The van der Waals surface area contributed by atoms with Crippen LogP contribution in [0.3, 0.4) is 0 Å². The fourth-order valence-electron chi connectivity index (χ4n) is 3.13. The van der Waals surface area contributed by atoms with E-state index in [4.69, 9.17) is 4.74 Å². The highest BCUT2D eigenvalue weighted by Crippen LogP contribution is 2.36. The number of nitrogens with zero attached hydrogens (tertiary/aromatic N) is 2. The molecule has 0 aromatic carbocycles. The minimum absolute atomic E-state index is 0.0313. The monoisotopic (exact) mass is 284 g/mol. The van der Waals surface area contributed by atoms with Gasteiger partial charge in [-0.2, -0.15) is 0 Å². The lowest BCUT2D eigenvalue weighted by atomic mass is 9.75. The van der Waals surface area contributed by atoms with Gasteiger partial charge in [-0.1, -0.05) is 13.3 Å².